The Morgan fingerprint density at radius 3 is 1.88 bits per heavy atom. The molecule has 0 aromatic rings. The molecule has 0 amide bonds. The van der Waals surface area contributed by atoms with Gasteiger partial charge in [-0.05, 0) is 11.6 Å². The van der Waals surface area contributed by atoms with Crippen molar-refractivity contribution in [3.05, 3.63) is 10.6 Å². The van der Waals surface area contributed by atoms with Gasteiger partial charge in [-0.1, -0.05) is 23.2 Å². The van der Waals surface area contributed by atoms with E-state index in [0.717, 1.165) is 0 Å². The Bertz CT molecular complexity index is 104. The summed E-state index contributed by atoms with van der Waals surface area (Å²) in [5.41, 5.74) is 0.522. The molecule has 0 N–H and O–H groups in total. The van der Waals surface area contributed by atoms with Gasteiger partial charge in [0, 0.05) is 5.54 Å². The molecule has 8 heavy (non-hydrogen) atoms. The molecule has 0 nitrogen and oxygen atoms in total. The molecule has 0 unspecified atom stereocenters. The van der Waals surface area contributed by atoms with Gasteiger partial charge in [0.1, 0.15) is 5.03 Å². The lowest BCUT2D eigenvalue weighted by Gasteiger charge is -2.01. The lowest BCUT2D eigenvalue weighted by molar-refractivity contribution is 0.148. The van der Waals surface area contributed by atoms with E-state index < -0.39 is 10.4 Å². The molecule has 0 spiro atoms. The van der Waals surface area contributed by atoms with Gasteiger partial charge in [0.15, 0.2) is 0 Å². The van der Waals surface area contributed by atoms with Crippen LogP contribution in [-0.2, 0) is 0 Å². The number of alkyl halides is 3. The minimum Gasteiger partial charge on any atom is -0.182 e. The predicted octanol–water partition coefficient (Wildman–Crippen LogP) is 3.14. The Balaban J connectivity index is 4.03. The van der Waals surface area contributed by atoms with Crippen LogP contribution in [0.2, 0.25) is 0 Å². The van der Waals surface area contributed by atoms with Gasteiger partial charge in [0.25, 0.3) is 0 Å². The van der Waals surface area contributed by atoms with Gasteiger partial charge in [-0.15, -0.1) is 0 Å². The molecule has 0 rings (SSSR count). The number of hydrogen-bond acceptors (Lipinski definition) is 0. The minimum absolute atomic E-state index is 0.522. The Morgan fingerprint density at radius 1 is 1.50 bits per heavy atom. The van der Waals surface area contributed by atoms with E-state index in [9.17, 15) is 8.78 Å². The molecule has 0 aliphatic heterocycles. The summed E-state index contributed by atoms with van der Waals surface area (Å²) in [6, 6.07) is 0. The molecule has 0 bridgehead atoms. The SMILES string of the molecule is FC(F)(Cl)/C(Cl)=C/Cl. The maximum atomic E-state index is 11.6. The van der Waals surface area contributed by atoms with E-state index in [1.165, 1.54) is 0 Å². The maximum absolute atomic E-state index is 11.6. The Hall–Kier alpha value is 0.470. The van der Waals surface area contributed by atoms with Gasteiger partial charge >= 0.3 is 5.38 Å². The van der Waals surface area contributed by atoms with Crippen LogP contribution in [0.25, 0.3) is 0 Å². The summed E-state index contributed by atoms with van der Waals surface area (Å²) in [6.45, 7) is 0. The Morgan fingerprint density at radius 2 is 1.88 bits per heavy atom. The second kappa shape index (κ2) is 2.85. The first-order valence-corrected chi connectivity index (χ1v) is 2.71. The van der Waals surface area contributed by atoms with Crippen molar-refractivity contribution >= 4 is 34.8 Å². The minimum atomic E-state index is -3.52. The van der Waals surface area contributed by atoms with E-state index in [-0.39, 0.29) is 0 Å². The van der Waals surface area contributed by atoms with Crippen molar-refractivity contribution in [2.24, 2.45) is 0 Å². The highest BCUT2D eigenvalue weighted by atomic mass is 35.5. The molecular formula is C3HCl3F2. The van der Waals surface area contributed by atoms with E-state index in [1.54, 1.807) is 0 Å². The molecule has 0 atom stereocenters. The quantitative estimate of drug-likeness (QED) is 0.545. The van der Waals surface area contributed by atoms with Gasteiger partial charge in [0.2, 0.25) is 0 Å². The molecule has 0 aliphatic carbocycles. The summed E-state index contributed by atoms with van der Waals surface area (Å²) in [5, 5.41) is -4.40. The third kappa shape index (κ3) is 2.70. The fourth-order valence-electron chi connectivity index (χ4n) is 0.0619. The molecule has 5 heteroatoms. The molecule has 0 aromatic heterocycles. The molecular weight excluding hydrogens is 180 g/mol. The van der Waals surface area contributed by atoms with E-state index in [0.29, 0.717) is 5.54 Å². The van der Waals surface area contributed by atoms with Crippen LogP contribution in [0.4, 0.5) is 8.78 Å². The first-order chi connectivity index (χ1) is 3.48. The summed E-state index contributed by atoms with van der Waals surface area (Å²) < 4.78 is 23.2. The average molecular weight is 181 g/mol. The van der Waals surface area contributed by atoms with Crippen LogP contribution in [-0.4, -0.2) is 5.38 Å². The smallest absolute Gasteiger partial charge is 0.182 e. The van der Waals surface area contributed by atoms with E-state index >= 15 is 0 Å². The highest BCUT2D eigenvalue weighted by molar-refractivity contribution is 6.42. The largest absolute Gasteiger partial charge is 0.359 e. The van der Waals surface area contributed by atoms with Gasteiger partial charge in [-0.25, -0.2) is 0 Å². The van der Waals surface area contributed by atoms with E-state index in [2.05, 4.69) is 11.6 Å². The van der Waals surface area contributed by atoms with Crippen LogP contribution >= 0.6 is 34.8 Å². The molecule has 0 fully saturated rings. The zero-order chi connectivity index (χ0) is 6.78. The van der Waals surface area contributed by atoms with Gasteiger partial charge in [-0.2, -0.15) is 8.78 Å². The summed E-state index contributed by atoms with van der Waals surface area (Å²) in [6.07, 6.45) is 0. The summed E-state index contributed by atoms with van der Waals surface area (Å²) in [7, 11) is 0. The lowest BCUT2D eigenvalue weighted by atomic mass is 10.7. The van der Waals surface area contributed by atoms with Crippen LogP contribution in [0.5, 0.6) is 0 Å². The second-order valence-corrected chi connectivity index (χ2v) is 2.05. The second-order valence-electron chi connectivity index (χ2n) is 0.955. The van der Waals surface area contributed by atoms with E-state index in [1.807, 2.05) is 0 Å². The average Bonchev–Trinajstić information content (AvgIpc) is 1.62. The number of rotatable bonds is 1. The van der Waals surface area contributed by atoms with Crippen LogP contribution < -0.4 is 0 Å². The highest BCUT2D eigenvalue weighted by Crippen LogP contribution is 2.31. The van der Waals surface area contributed by atoms with Crippen LogP contribution in [0.1, 0.15) is 0 Å². The van der Waals surface area contributed by atoms with Gasteiger partial charge < -0.3 is 0 Å². The lowest BCUT2D eigenvalue weighted by Crippen LogP contribution is -2.03. The van der Waals surface area contributed by atoms with Gasteiger partial charge in [0.05, 0.1) is 0 Å². The molecule has 0 aromatic carbocycles. The molecule has 48 valence electrons. The summed E-state index contributed by atoms with van der Waals surface area (Å²) in [5.74, 6) is 0. The standard InChI is InChI=1S/C3HCl3F2/c4-1-2(5)3(6,7)8/h1H/b2-1-. The van der Waals surface area contributed by atoms with Gasteiger partial charge in [-0.3, -0.25) is 0 Å². The van der Waals surface area contributed by atoms with Crippen LogP contribution in [0.3, 0.4) is 0 Å². The van der Waals surface area contributed by atoms with Crippen LogP contribution in [0, 0.1) is 0 Å². The van der Waals surface area contributed by atoms with Crippen molar-refractivity contribution in [3.8, 4) is 0 Å². The number of allylic oxidation sites excluding steroid dienone is 1. The Labute approximate surface area is 60.0 Å². The molecule has 0 heterocycles. The van der Waals surface area contributed by atoms with Crippen molar-refractivity contribution < 1.29 is 8.78 Å². The highest BCUT2D eigenvalue weighted by Gasteiger charge is 2.28. The van der Waals surface area contributed by atoms with Crippen molar-refractivity contribution in [2.45, 2.75) is 5.38 Å². The first-order valence-electron chi connectivity index (χ1n) is 1.51. The number of halogens is 5. The van der Waals surface area contributed by atoms with E-state index in [4.69, 9.17) is 23.2 Å². The maximum Gasteiger partial charge on any atom is 0.359 e. The molecule has 0 aliphatic rings. The third-order valence-electron chi connectivity index (χ3n) is 0.367. The Kier molecular flexibility index (Phi) is 3.02. The topological polar surface area (TPSA) is 0 Å². The fraction of sp³-hybridized carbons (Fsp3) is 0.333. The summed E-state index contributed by atoms with van der Waals surface area (Å²) >= 11 is 13.9. The monoisotopic (exact) mass is 180 g/mol. The fourth-order valence-corrected chi connectivity index (χ4v) is 0.309. The van der Waals surface area contributed by atoms with Crippen molar-refractivity contribution in [3.63, 3.8) is 0 Å². The zero-order valence-corrected chi connectivity index (χ0v) is 5.73. The van der Waals surface area contributed by atoms with Crippen molar-refractivity contribution in [2.75, 3.05) is 0 Å². The molecule has 0 saturated heterocycles. The molecule has 0 radical (unpaired) electrons. The van der Waals surface area contributed by atoms with Crippen molar-refractivity contribution in [1.29, 1.82) is 0 Å². The zero-order valence-electron chi connectivity index (χ0n) is 3.47. The molecule has 0 saturated carbocycles. The van der Waals surface area contributed by atoms with Crippen molar-refractivity contribution in [1.82, 2.24) is 0 Å². The summed E-state index contributed by atoms with van der Waals surface area (Å²) in [4.78, 5) is 0. The first kappa shape index (κ1) is 8.47. The normalized spacial score (nSPS) is 14.4. The number of hydrogen-bond donors (Lipinski definition) is 0. The predicted molar refractivity (Wildman–Crippen MR) is 30.6 cm³/mol. The third-order valence-corrected chi connectivity index (χ3v) is 1.34. The van der Waals surface area contributed by atoms with Crippen LogP contribution in [0.15, 0.2) is 10.6 Å².